The molecule has 1 unspecified atom stereocenters. The van der Waals surface area contributed by atoms with Gasteiger partial charge in [-0.15, -0.1) is 0 Å². The van der Waals surface area contributed by atoms with Crippen molar-refractivity contribution in [1.82, 2.24) is 15.3 Å². The molecule has 4 aromatic rings. The molecule has 0 saturated heterocycles. The second-order valence-electron chi connectivity index (χ2n) is 7.15. The van der Waals surface area contributed by atoms with Crippen LogP contribution in [0.5, 0.6) is 0 Å². The summed E-state index contributed by atoms with van der Waals surface area (Å²) in [5.74, 6) is 0. The van der Waals surface area contributed by atoms with Crippen LogP contribution in [0.4, 0.5) is 22.7 Å². The molecule has 0 aliphatic rings. The molecule has 2 aromatic heterocycles. The van der Waals surface area contributed by atoms with Gasteiger partial charge >= 0.3 is 5.69 Å². The van der Waals surface area contributed by atoms with E-state index in [0.29, 0.717) is 18.7 Å². The third-order valence-corrected chi connectivity index (χ3v) is 5.12. The summed E-state index contributed by atoms with van der Waals surface area (Å²) in [6.07, 6.45) is 2.16. The van der Waals surface area contributed by atoms with E-state index in [1.54, 1.807) is 12.3 Å². The number of fused-ring (bicyclic) bond motifs is 1. The minimum absolute atomic E-state index is 0.0335. The molecule has 0 aliphatic carbocycles. The molecule has 2 heterocycles. The second kappa shape index (κ2) is 9.40. The van der Waals surface area contributed by atoms with Crippen molar-refractivity contribution in [2.45, 2.75) is 19.4 Å². The Balaban J connectivity index is 1.93. The standard InChI is InChI=1S/C22H22N6O4/c1-15(17-10-5-6-11-23-17)27(16-8-3-2-4-9-16)19-14-18(24-12-7-13-29)22(28(30)31)21-20(19)25-32-26-21/h2-6,8-11,14-15,24,29H,7,12-13H2,1H3. The van der Waals surface area contributed by atoms with Crippen molar-refractivity contribution >= 4 is 33.8 Å². The van der Waals surface area contributed by atoms with Crippen molar-refractivity contribution in [3.8, 4) is 0 Å². The van der Waals surface area contributed by atoms with Crippen LogP contribution in [0.25, 0.3) is 11.0 Å². The highest BCUT2D eigenvalue weighted by Crippen LogP contribution is 2.43. The molecule has 0 radical (unpaired) electrons. The monoisotopic (exact) mass is 434 g/mol. The molecule has 1 atom stereocenters. The average molecular weight is 434 g/mol. The molecule has 0 amide bonds. The van der Waals surface area contributed by atoms with Crippen molar-refractivity contribution in [3.63, 3.8) is 0 Å². The fourth-order valence-corrected chi connectivity index (χ4v) is 3.63. The number of nitrogens with one attached hydrogen (secondary N) is 1. The summed E-state index contributed by atoms with van der Waals surface area (Å²) in [5, 5.41) is 31.9. The molecule has 0 aliphatic heterocycles. The lowest BCUT2D eigenvalue weighted by Gasteiger charge is -2.31. The normalized spacial score (nSPS) is 11.9. The fraction of sp³-hybridized carbons (Fsp3) is 0.227. The Labute approximate surface area is 183 Å². The molecule has 0 bridgehead atoms. The van der Waals surface area contributed by atoms with Gasteiger partial charge in [0.1, 0.15) is 5.69 Å². The van der Waals surface area contributed by atoms with Crippen LogP contribution in [0, 0.1) is 10.1 Å². The van der Waals surface area contributed by atoms with E-state index in [9.17, 15) is 10.1 Å². The Bertz CT molecular complexity index is 1200. The molecule has 2 aromatic carbocycles. The highest BCUT2D eigenvalue weighted by atomic mass is 16.6. The van der Waals surface area contributed by atoms with Crippen LogP contribution < -0.4 is 10.2 Å². The molecule has 10 nitrogen and oxygen atoms in total. The van der Waals surface area contributed by atoms with Crippen LogP contribution in [-0.4, -0.2) is 38.5 Å². The van der Waals surface area contributed by atoms with Gasteiger partial charge in [-0.2, -0.15) is 0 Å². The molecule has 4 rings (SSSR count). The first kappa shape index (κ1) is 21.2. The molecule has 10 heteroatoms. The zero-order valence-corrected chi connectivity index (χ0v) is 17.4. The Morgan fingerprint density at radius 3 is 2.59 bits per heavy atom. The zero-order chi connectivity index (χ0) is 22.5. The van der Waals surface area contributed by atoms with E-state index in [0.717, 1.165) is 11.4 Å². The van der Waals surface area contributed by atoms with Gasteiger partial charge in [-0.25, -0.2) is 4.63 Å². The summed E-state index contributed by atoms with van der Waals surface area (Å²) in [7, 11) is 0. The van der Waals surface area contributed by atoms with Gasteiger partial charge in [0.05, 0.1) is 22.3 Å². The first-order chi connectivity index (χ1) is 15.6. The number of nitro benzene ring substituents is 1. The molecule has 0 fully saturated rings. The third-order valence-electron chi connectivity index (χ3n) is 5.12. The van der Waals surface area contributed by atoms with Crippen molar-refractivity contribution in [2.24, 2.45) is 0 Å². The van der Waals surface area contributed by atoms with Crippen molar-refractivity contribution in [2.75, 3.05) is 23.4 Å². The Hall–Kier alpha value is -4.05. The first-order valence-corrected chi connectivity index (χ1v) is 10.2. The number of aliphatic hydroxyl groups is 1. The van der Waals surface area contributed by atoms with E-state index in [2.05, 4.69) is 20.6 Å². The zero-order valence-electron chi connectivity index (χ0n) is 17.4. The molecule has 32 heavy (non-hydrogen) atoms. The Kier molecular flexibility index (Phi) is 6.22. The highest BCUT2D eigenvalue weighted by Gasteiger charge is 2.30. The lowest BCUT2D eigenvalue weighted by atomic mass is 10.1. The van der Waals surface area contributed by atoms with Crippen molar-refractivity contribution in [1.29, 1.82) is 0 Å². The molecule has 164 valence electrons. The number of nitro groups is 1. The van der Waals surface area contributed by atoms with E-state index in [-0.39, 0.29) is 35.1 Å². The number of anilines is 3. The summed E-state index contributed by atoms with van der Waals surface area (Å²) in [6, 6.07) is 16.8. The van der Waals surface area contributed by atoms with Crippen LogP contribution in [0.1, 0.15) is 25.1 Å². The third kappa shape index (κ3) is 4.08. The van der Waals surface area contributed by atoms with Gasteiger partial charge in [0.2, 0.25) is 5.52 Å². The predicted octanol–water partition coefficient (Wildman–Crippen LogP) is 4.22. The Morgan fingerprint density at radius 1 is 1.16 bits per heavy atom. The van der Waals surface area contributed by atoms with Crippen LogP contribution >= 0.6 is 0 Å². The van der Waals surface area contributed by atoms with Gasteiger partial charge in [0, 0.05) is 25.0 Å². The Morgan fingerprint density at radius 2 is 1.91 bits per heavy atom. The van der Waals surface area contributed by atoms with Crippen LogP contribution in [0.2, 0.25) is 0 Å². The molecular weight excluding hydrogens is 412 g/mol. The number of hydrogen-bond acceptors (Lipinski definition) is 9. The number of pyridine rings is 1. The van der Waals surface area contributed by atoms with Gasteiger partial charge in [-0.3, -0.25) is 15.1 Å². The van der Waals surface area contributed by atoms with Crippen LogP contribution in [-0.2, 0) is 0 Å². The van der Waals surface area contributed by atoms with E-state index in [1.807, 2.05) is 60.4 Å². The largest absolute Gasteiger partial charge is 0.396 e. The summed E-state index contributed by atoms with van der Waals surface area (Å²) in [6.45, 7) is 2.32. The summed E-state index contributed by atoms with van der Waals surface area (Å²) in [5.41, 5.74) is 2.63. The maximum atomic E-state index is 11.9. The topological polar surface area (TPSA) is 130 Å². The highest BCUT2D eigenvalue weighted by molar-refractivity contribution is 6.01. The van der Waals surface area contributed by atoms with Crippen molar-refractivity contribution in [3.05, 3.63) is 76.6 Å². The van der Waals surface area contributed by atoms with Crippen molar-refractivity contribution < 1.29 is 14.7 Å². The number of benzene rings is 2. The minimum atomic E-state index is -0.507. The number of rotatable bonds is 9. The van der Waals surface area contributed by atoms with Gasteiger partial charge in [0.15, 0.2) is 5.52 Å². The maximum Gasteiger partial charge on any atom is 0.323 e. The van der Waals surface area contributed by atoms with Crippen LogP contribution in [0.3, 0.4) is 0 Å². The van der Waals surface area contributed by atoms with E-state index >= 15 is 0 Å². The van der Waals surface area contributed by atoms with Gasteiger partial charge in [-0.1, -0.05) is 24.3 Å². The van der Waals surface area contributed by atoms with Gasteiger partial charge in [-0.05, 0) is 54.0 Å². The lowest BCUT2D eigenvalue weighted by Crippen LogP contribution is -2.23. The average Bonchev–Trinajstić information content (AvgIpc) is 3.30. The molecule has 2 N–H and O–H groups in total. The van der Waals surface area contributed by atoms with E-state index < -0.39 is 4.92 Å². The van der Waals surface area contributed by atoms with E-state index in [4.69, 9.17) is 9.74 Å². The SMILES string of the molecule is CC(c1ccccn1)N(c1ccccc1)c1cc(NCCCO)c([N+](=O)[O-])c2nonc12. The number of aromatic nitrogens is 3. The van der Waals surface area contributed by atoms with Gasteiger partial charge in [0.25, 0.3) is 0 Å². The first-order valence-electron chi connectivity index (χ1n) is 10.2. The molecular formula is C22H22N6O4. The molecule has 0 spiro atoms. The predicted molar refractivity (Wildman–Crippen MR) is 120 cm³/mol. The number of para-hydroxylation sites is 1. The quantitative estimate of drug-likeness (QED) is 0.226. The maximum absolute atomic E-state index is 11.9. The smallest absolute Gasteiger partial charge is 0.323 e. The van der Waals surface area contributed by atoms with Gasteiger partial charge < -0.3 is 15.3 Å². The summed E-state index contributed by atoms with van der Waals surface area (Å²) >= 11 is 0. The fourth-order valence-electron chi connectivity index (χ4n) is 3.63. The van der Waals surface area contributed by atoms with Crippen LogP contribution in [0.15, 0.2) is 65.4 Å². The number of aliphatic hydroxyl groups excluding tert-OH is 1. The van der Waals surface area contributed by atoms with E-state index in [1.165, 1.54) is 0 Å². The number of nitrogens with zero attached hydrogens (tertiary/aromatic N) is 5. The second-order valence-corrected chi connectivity index (χ2v) is 7.15. The number of hydrogen-bond donors (Lipinski definition) is 2. The molecule has 0 saturated carbocycles. The lowest BCUT2D eigenvalue weighted by molar-refractivity contribution is -0.382. The minimum Gasteiger partial charge on any atom is -0.396 e. The summed E-state index contributed by atoms with van der Waals surface area (Å²) in [4.78, 5) is 17.8. The summed E-state index contributed by atoms with van der Waals surface area (Å²) < 4.78 is 4.93.